The molecule has 0 aliphatic carbocycles. The van der Waals surface area contributed by atoms with Gasteiger partial charge in [0.25, 0.3) is 0 Å². The van der Waals surface area contributed by atoms with E-state index in [1.165, 1.54) is 12.1 Å². The van der Waals surface area contributed by atoms with Crippen LogP contribution in [-0.4, -0.2) is 61.1 Å². The molecule has 0 aliphatic rings. The van der Waals surface area contributed by atoms with E-state index in [-0.39, 0.29) is 11.6 Å². The Bertz CT molecular complexity index is 506. The van der Waals surface area contributed by atoms with E-state index in [1.54, 1.807) is 18.0 Å². The third-order valence-corrected chi connectivity index (χ3v) is 3.08. The molecule has 7 heteroatoms. The van der Waals surface area contributed by atoms with Crippen molar-refractivity contribution in [1.82, 2.24) is 9.80 Å². The number of halogens is 1. The van der Waals surface area contributed by atoms with E-state index in [2.05, 4.69) is 21.2 Å². The maximum absolute atomic E-state index is 12.0. The Kier molecular flexibility index (Phi) is 5.97. The van der Waals surface area contributed by atoms with Gasteiger partial charge in [-0.1, -0.05) is 15.9 Å². The van der Waals surface area contributed by atoms with Crippen LogP contribution in [0, 0.1) is 0 Å². The second-order valence-electron chi connectivity index (χ2n) is 4.69. The number of carboxylic acids is 1. The van der Waals surface area contributed by atoms with Crippen molar-refractivity contribution in [3.05, 3.63) is 28.2 Å². The molecule has 0 fully saturated rings. The molecule has 0 aromatic heterocycles. The number of urea groups is 1. The lowest BCUT2D eigenvalue weighted by Gasteiger charge is -2.20. The minimum Gasteiger partial charge on any atom is -0.478 e. The molecule has 0 atom stereocenters. The summed E-state index contributed by atoms with van der Waals surface area (Å²) in [7, 11) is 5.55. The molecule has 0 saturated heterocycles. The number of anilines is 1. The lowest BCUT2D eigenvalue weighted by molar-refractivity contribution is 0.0697. The smallest absolute Gasteiger partial charge is 0.335 e. The first-order chi connectivity index (χ1) is 9.29. The summed E-state index contributed by atoms with van der Waals surface area (Å²) < 4.78 is 0.601. The Hall–Kier alpha value is -1.60. The molecular weight excluding hydrogens is 326 g/mol. The van der Waals surface area contributed by atoms with Crippen molar-refractivity contribution in [1.29, 1.82) is 0 Å². The van der Waals surface area contributed by atoms with Gasteiger partial charge in [-0.05, 0) is 32.3 Å². The summed E-state index contributed by atoms with van der Waals surface area (Å²) >= 11 is 3.22. The fourth-order valence-electron chi connectivity index (χ4n) is 1.46. The normalized spacial score (nSPS) is 10.4. The van der Waals surface area contributed by atoms with Crippen LogP contribution >= 0.6 is 15.9 Å². The van der Waals surface area contributed by atoms with E-state index in [1.807, 2.05) is 19.0 Å². The molecule has 0 heterocycles. The third-order valence-electron chi connectivity index (χ3n) is 2.63. The standard InChI is InChI=1S/C13H18BrN3O3/c1-16(2)4-5-17(3)13(20)15-11-7-9(12(18)19)6-10(14)8-11/h6-8H,4-5H2,1-3H3,(H,15,20)(H,18,19). The van der Waals surface area contributed by atoms with E-state index in [0.29, 0.717) is 16.7 Å². The number of likely N-dealkylation sites (N-methyl/N-ethyl adjacent to an activating group) is 2. The number of hydrogen-bond donors (Lipinski definition) is 2. The fourth-order valence-corrected chi connectivity index (χ4v) is 1.95. The van der Waals surface area contributed by atoms with Gasteiger partial charge in [0.15, 0.2) is 0 Å². The molecular formula is C13H18BrN3O3. The van der Waals surface area contributed by atoms with Crippen LogP contribution in [0.3, 0.4) is 0 Å². The Morgan fingerprint density at radius 3 is 2.40 bits per heavy atom. The van der Waals surface area contributed by atoms with Gasteiger partial charge in [0.1, 0.15) is 0 Å². The van der Waals surface area contributed by atoms with E-state index in [4.69, 9.17) is 5.11 Å². The molecule has 1 aromatic rings. The first kappa shape index (κ1) is 16.5. The van der Waals surface area contributed by atoms with Crippen molar-refractivity contribution in [2.45, 2.75) is 0 Å². The van der Waals surface area contributed by atoms with Crippen LogP contribution in [0.4, 0.5) is 10.5 Å². The second-order valence-corrected chi connectivity index (χ2v) is 5.60. The van der Waals surface area contributed by atoms with Gasteiger partial charge in [-0.15, -0.1) is 0 Å². The number of nitrogens with zero attached hydrogens (tertiary/aromatic N) is 2. The number of benzene rings is 1. The number of carbonyl (C=O) groups is 2. The highest BCUT2D eigenvalue weighted by Gasteiger charge is 2.11. The van der Waals surface area contributed by atoms with E-state index < -0.39 is 5.97 Å². The number of carbonyl (C=O) groups excluding carboxylic acids is 1. The topological polar surface area (TPSA) is 72.9 Å². The SMILES string of the molecule is CN(C)CCN(C)C(=O)Nc1cc(Br)cc(C(=O)O)c1. The first-order valence-corrected chi connectivity index (χ1v) is 6.79. The predicted molar refractivity (Wildman–Crippen MR) is 81.3 cm³/mol. The van der Waals surface area contributed by atoms with Gasteiger partial charge in [-0.3, -0.25) is 0 Å². The molecule has 1 rings (SSSR count). The largest absolute Gasteiger partial charge is 0.478 e. The lowest BCUT2D eigenvalue weighted by atomic mass is 10.2. The summed E-state index contributed by atoms with van der Waals surface area (Å²) in [5.74, 6) is -1.04. The minimum absolute atomic E-state index is 0.116. The molecule has 110 valence electrons. The van der Waals surface area contributed by atoms with Crippen molar-refractivity contribution >= 4 is 33.6 Å². The molecule has 20 heavy (non-hydrogen) atoms. The monoisotopic (exact) mass is 343 g/mol. The molecule has 2 N–H and O–H groups in total. The maximum Gasteiger partial charge on any atom is 0.335 e. The van der Waals surface area contributed by atoms with Crippen LogP contribution in [0.2, 0.25) is 0 Å². The molecule has 0 aliphatic heterocycles. The quantitative estimate of drug-likeness (QED) is 0.859. The number of amides is 2. The Morgan fingerprint density at radius 2 is 1.85 bits per heavy atom. The van der Waals surface area contributed by atoms with Crippen LogP contribution in [0.25, 0.3) is 0 Å². The molecule has 1 aromatic carbocycles. The molecule has 0 unspecified atom stereocenters. The zero-order valence-electron chi connectivity index (χ0n) is 11.7. The number of carboxylic acid groups (broad SMARTS) is 1. The van der Waals surface area contributed by atoms with Crippen LogP contribution < -0.4 is 5.32 Å². The molecule has 2 amide bonds. The van der Waals surface area contributed by atoms with E-state index in [9.17, 15) is 9.59 Å². The molecule has 0 bridgehead atoms. The maximum atomic E-state index is 12.0. The van der Waals surface area contributed by atoms with Gasteiger partial charge in [0.05, 0.1) is 5.56 Å². The molecule has 6 nitrogen and oxygen atoms in total. The van der Waals surface area contributed by atoms with E-state index >= 15 is 0 Å². The molecule has 0 saturated carbocycles. The van der Waals surface area contributed by atoms with Crippen molar-refractivity contribution in [2.24, 2.45) is 0 Å². The highest BCUT2D eigenvalue weighted by atomic mass is 79.9. The Morgan fingerprint density at radius 1 is 1.20 bits per heavy atom. The number of hydrogen-bond acceptors (Lipinski definition) is 3. The van der Waals surface area contributed by atoms with Crippen molar-refractivity contribution in [3.63, 3.8) is 0 Å². The summed E-state index contributed by atoms with van der Waals surface area (Å²) in [6, 6.07) is 4.28. The van der Waals surface area contributed by atoms with Crippen molar-refractivity contribution in [2.75, 3.05) is 39.5 Å². The van der Waals surface area contributed by atoms with Crippen molar-refractivity contribution in [3.8, 4) is 0 Å². The third kappa shape index (κ3) is 5.18. The minimum atomic E-state index is -1.04. The predicted octanol–water partition coefficient (Wildman–Crippen LogP) is 2.17. The number of rotatable bonds is 5. The Labute approximate surface area is 126 Å². The van der Waals surface area contributed by atoms with Crippen LogP contribution in [0.5, 0.6) is 0 Å². The first-order valence-electron chi connectivity index (χ1n) is 6.00. The van der Waals surface area contributed by atoms with Crippen LogP contribution in [-0.2, 0) is 0 Å². The summed E-state index contributed by atoms with van der Waals surface area (Å²) in [6.45, 7) is 1.33. The van der Waals surface area contributed by atoms with Gasteiger partial charge < -0.3 is 20.2 Å². The van der Waals surface area contributed by atoms with Gasteiger partial charge in [0.2, 0.25) is 0 Å². The number of nitrogens with one attached hydrogen (secondary N) is 1. The van der Waals surface area contributed by atoms with E-state index in [0.717, 1.165) is 6.54 Å². The highest BCUT2D eigenvalue weighted by Crippen LogP contribution is 2.20. The average molecular weight is 344 g/mol. The fraction of sp³-hybridized carbons (Fsp3) is 0.385. The highest BCUT2D eigenvalue weighted by molar-refractivity contribution is 9.10. The summed E-state index contributed by atoms with van der Waals surface area (Å²) in [5, 5.41) is 11.6. The second kappa shape index (κ2) is 7.25. The average Bonchev–Trinajstić information content (AvgIpc) is 2.34. The number of aromatic carboxylic acids is 1. The summed E-state index contributed by atoms with van der Waals surface area (Å²) in [4.78, 5) is 26.4. The van der Waals surface area contributed by atoms with Gasteiger partial charge in [-0.2, -0.15) is 0 Å². The van der Waals surface area contributed by atoms with Gasteiger partial charge in [-0.25, -0.2) is 9.59 Å². The molecule has 0 spiro atoms. The van der Waals surface area contributed by atoms with Gasteiger partial charge in [0, 0.05) is 30.3 Å². The summed E-state index contributed by atoms with van der Waals surface area (Å²) in [6.07, 6.45) is 0. The zero-order valence-corrected chi connectivity index (χ0v) is 13.3. The lowest BCUT2D eigenvalue weighted by Crippen LogP contribution is -2.36. The summed E-state index contributed by atoms with van der Waals surface area (Å²) in [5.41, 5.74) is 0.559. The van der Waals surface area contributed by atoms with Crippen LogP contribution in [0.1, 0.15) is 10.4 Å². The van der Waals surface area contributed by atoms with Crippen LogP contribution in [0.15, 0.2) is 22.7 Å². The zero-order chi connectivity index (χ0) is 15.3. The Balaban J connectivity index is 2.72. The molecule has 0 radical (unpaired) electrons. The van der Waals surface area contributed by atoms with Crippen molar-refractivity contribution < 1.29 is 14.7 Å². The van der Waals surface area contributed by atoms with Gasteiger partial charge >= 0.3 is 12.0 Å².